The van der Waals surface area contributed by atoms with Crippen molar-refractivity contribution >= 4 is 28.9 Å². The highest BCUT2D eigenvalue weighted by Crippen LogP contribution is 2.18. The molecule has 2 heterocycles. The van der Waals surface area contributed by atoms with Crippen molar-refractivity contribution in [1.82, 2.24) is 9.78 Å². The van der Waals surface area contributed by atoms with Crippen LogP contribution in [0.1, 0.15) is 15.2 Å². The van der Waals surface area contributed by atoms with Crippen molar-refractivity contribution < 1.29 is 9.90 Å². The average Bonchev–Trinajstić information content (AvgIpc) is 2.75. The Kier molecular flexibility index (Phi) is 2.75. The molecule has 0 atom stereocenters. The van der Waals surface area contributed by atoms with Gasteiger partial charge in [0.2, 0.25) is 0 Å². The summed E-state index contributed by atoms with van der Waals surface area (Å²) in [6.07, 6.45) is 3.18. The van der Waals surface area contributed by atoms with E-state index in [1.165, 1.54) is 17.5 Å². The Bertz CT molecular complexity index is 492. The molecular weight excluding hydrogens is 236 g/mol. The Hall–Kier alpha value is -1.33. The minimum Gasteiger partial charge on any atom is -0.477 e. The van der Waals surface area contributed by atoms with Crippen molar-refractivity contribution in [3.8, 4) is 0 Å². The number of carboxylic acid groups (broad SMARTS) is 1. The molecule has 0 aromatic carbocycles. The van der Waals surface area contributed by atoms with Crippen LogP contribution in [0, 0.1) is 0 Å². The van der Waals surface area contributed by atoms with Crippen LogP contribution in [0.25, 0.3) is 0 Å². The minimum absolute atomic E-state index is 0.349. The molecule has 15 heavy (non-hydrogen) atoms. The summed E-state index contributed by atoms with van der Waals surface area (Å²) >= 11 is 6.92. The summed E-state index contributed by atoms with van der Waals surface area (Å²) < 4.78 is 1.61. The van der Waals surface area contributed by atoms with Crippen molar-refractivity contribution in [2.45, 2.75) is 6.54 Å². The number of hydrogen-bond donors (Lipinski definition) is 1. The van der Waals surface area contributed by atoms with E-state index in [0.717, 1.165) is 5.56 Å². The largest absolute Gasteiger partial charge is 0.477 e. The first-order valence-corrected chi connectivity index (χ1v) is 5.40. The van der Waals surface area contributed by atoms with Crippen LogP contribution in [-0.4, -0.2) is 20.9 Å². The van der Waals surface area contributed by atoms with Crippen LogP contribution in [0.5, 0.6) is 0 Å². The maximum atomic E-state index is 10.8. The zero-order chi connectivity index (χ0) is 10.8. The van der Waals surface area contributed by atoms with E-state index in [-0.39, 0.29) is 0 Å². The van der Waals surface area contributed by atoms with Gasteiger partial charge in [-0.05, 0) is 17.0 Å². The van der Waals surface area contributed by atoms with Crippen LogP contribution < -0.4 is 0 Å². The van der Waals surface area contributed by atoms with Gasteiger partial charge in [-0.25, -0.2) is 4.79 Å². The van der Waals surface area contributed by atoms with Gasteiger partial charge in [0.1, 0.15) is 4.88 Å². The van der Waals surface area contributed by atoms with Crippen LogP contribution in [0.2, 0.25) is 5.02 Å². The predicted octanol–water partition coefficient (Wildman–Crippen LogP) is 2.34. The molecule has 2 aromatic rings. The lowest BCUT2D eigenvalue weighted by atomic mass is 10.2. The Balaban J connectivity index is 2.24. The lowest BCUT2D eigenvalue weighted by molar-refractivity contribution is 0.0701. The molecule has 0 radical (unpaired) electrons. The fraction of sp³-hybridized carbons (Fsp3) is 0.111. The summed E-state index contributed by atoms with van der Waals surface area (Å²) in [5, 5.41) is 15.2. The van der Waals surface area contributed by atoms with Gasteiger partial charge in [0.05, 0.1) is 17.8 Å². The monoisotopic (exact) mass is 242 g/mol. The van der Waals surface area contributed by atoms with Gasteiger partial charge >= 0.3 is 5.97 Å². The first-order chi connectivity index (χ1) is 7.16. The van der Waals surface area contributed by atoms with Crippen molar-refractivity contribution in [3.63, 3.8) is 0 Å². The number of thiophene rings is 1. The molecule has 0 fully saturated rings. The molecule has 2 rings (SSSR count). The molecule has 0 aliphatic carbocycles. The fourth-order valence-electron chi connectivity index (χ4n) is 1.25. The third-order valence-electron chi connectivity index (χ3n) is 1.88. The maximum absolute atomic E-state index is 10.8. The second-order valence-electron chi connectivity index (χ2n) is 2.94. The smallest absolute Gasteiger partial charge is 0.346 e. The topological polar surface area (TPSA) is 55.1 Å². The van der Waals surface area contributed by atoms with Crippen molar-refractivity contribution in [1.29, 1.82) is 0 Å². The Labute approximate surface area is 94.7 Å². The minimum atomic E-state index is -0.904. The third-order valence-corrected chi connectivity index (χ3v) is 3.01. The zero-order valence-electron chi connectivity index (χ0n) is 7.55. The third kappa shape index (κ3) is 2.19. The fourth-order valence-corrected chi connectivity index (χ4v) is 2.16. The molecule has 6 heteroatoms. The van der Waals surface area contributed by atoms with Gasteiger partial charge in [-0.15, -0.1) is 11.3 Å². The van der Waals surface area contributed by atoms with Gasteiger partial charge in [-0.2, -0.15) is 5.10 Å². The molecule has 78 valence electrons. The summed E-state index contributed by atoms with van der Waals surface area (Å²) in [4.78, 5) is 11.2. The van der Waals surface area contributed by atoms with Gasteiger partial charge in [0.25, 0.3) is 0 Å². The Morgan fingerprint density at radius 1 is 1.67 bits per heavy atom. The van der Waals surface area contributed by atoms with E-state index in [2.05, 4.69) is 5.10 Å². The number of carbonyl (C=O) groups is 1. The van der Waals surface area contributed by atoms with Gasteiger partial charge < -0.3 is 5.11 Å². The highest BCUT2D eigenvalue weighted by atomic mass is 35.5. The van der Waals surface area contributed by atoms with Crippen molar-refractivity contribution in [2.75, 3.05) is 0 Å². The summed E-state index contributed by atoms with van der Waals surface area (Å²) in [5.74, 6) is -0.904. The molecule has 0 bridgehead atoms. The molecular formula is C9H7ClN2O2S. The van der Waals surface area contributed by atoms with E-state index in [1.54, 1.807) is 22.3 Å². The summed E-state index contributed by atoms with van der Waals surface area (Å²) in [5.41, 5.74) is 0.743. The van der Waals surface area contributed by atoms with E-state index in [9.17, 15) is 4.79 Å². The lowest BCUT2D eigenvalue weighted by Crippen LogP contribution is -2.04. The summed E-state index contributed by atoms with van der Waals surface area (Å²) in [6, 6.07) is 1.78. The van der Waals surface area contributed by atoms with Crippen LogP contribution in [0.4, 0.5) is 0 Å². The molecule has 2 aromatic heterocycles. The molecule has 0 aliphatic heterocycles. The summed E-state index contributed by atoms with van der Waals surface area (Å²) in [7, 11) is 0. The number of rotatable bonds is 3. The first kappa shape index (κ1) is 10.2. The Morgan fingerprint density at radius 2 is 2.47 bits per heavy atom. The van der Waals surface area contributed by atoms with Crippen LogP contribution in [0.3, 0.4) is 0 Å². The second-order valence-corrected chi connectivity index (χ2v) is 4.29. The highest BCUT2D eigenvalue weighted by Gasteiger charge is 2.11. The molecule has 1 N–H and O–H groups in total. The molecule has 0 saturated heterocycles. The second kappa shape index (κ2) is 4.04. The number of carboxylic acids is 1. The van der Waals surface area contributed by atoms with Crippen LogP contribution in [0.15, 0.2) is 23.8 Å². The van der Waals surface area contributed by atoms with Gasteiger partial charge in [0, 0.05) is 6.20 Å². The molecule has 0 unspecified atom stereocenters. The molecule has 4 nitrogen and oxygen atoms in total. The molecule has 0 saturated carbocycles. The van der Waals surface area contributed by atoms with Crippen molar-refractivity contribution in [2.24, 2.45) is 0 Å². The van der Waals surface area contributed by atoms with E-state index < -0.39 is 5.97 Å². The number of hydrogen-bond acceptors (Lipinski definition) is 3. The normalized spacial score (nSPS) is 10.5. The highest BCUT2D eigenvalue weighted by molar-refractivity contribution is 7.12. The quantitative estimate of drug-likeness (QED) is 0.899. The Morgan fingerprint density at radius 3 is 3.07 bits per heavy atom. The summed E-state index contributed by atoms with van der Waals surface area (Å²) in [6.45, 7) is 0.428. The number of nitrogens with zero attached hydrogens (tertiary/aromatic N) is 2. The van der Waals surface area contributed by atoms with Gasteiger partial charge in [-0.1, -0.05) is 11.6 Å². The van der Waals surface area contributed by atoms with E-state index in [0.29, 0.717) is 16.4 Å². The average molecular weight is 243 g/mol. The number of aromatic nitrogens is 2. The zero-order valence-corrected chi connectivity index (χ0v) is 9.13. The molecule has 0 spiro atoms. The molecule has 0 aliphatic rings. The SMILES string of the molecule is O=C(O)c1sccc1Cn1cc(Cl)cn1. The molecule has 0 amide bonds. The van der Waals surface area contributed by atoms with Gasteiger partial charge in [-0.3, -0.25) is 4.68 Å². The first-order valence-electron chi connectivity index (χ1n) is 4.14. The standard InChI is InChI=1S/C9H7ClN2O2S/c10-7-3-11-12(5-7)4-6-1-2-15-8(6)9(13)14/h1-3,5H,4H2,(H,13,14). The predicted molar refractivity (Wildman–Crippen MR) is 57.6 cm³/mol. The lowest BCUT2D eigenvalue weighted by Gasteiger charge is -2.00. The van der Waals surface area contributed by atoms with E-state index >= 15 is 0 Å². The van der Waals surface area contributed by atoms with Crippen LogP contribution >= 0.6 is 22.9 Å². The maximum Gasteiger partial charge on any atom is 0.346 e. The van der Waals surface area contributed by atoms with Crippen molar-refractivity contribution in [3.05, 3.63) is 39.3 Å². The number of aromatic carboxylic acids is 1. The van der Waals surface area contributed by atoms with Gasteiger partial charge in [0.15, 0.2) is 0 Å². The number of halogens is 1. The van der Waals surface area contributed by atoms with E-state index in [1.807, 2.05) is 0 Å². The van der Waals surface area contributed by atoms with Crippen LogP contribution in [-0.2, 0) is 6.54 Å². The van der Waals surface area contributed by atoms with E-state index in [4.69, 9.17) is 16.7 Å².